The average Bonchev–Trinajstić information content (AvgIpc) is 3.14. The molecule has 11 heteroatoms. The summed E-state index contributed by atoms with van der Waals surface area (Å²) in [6.07, 6.45) is 4.72. The van der Waals surface area contributed by atoms with E-state index in [9.17, 15) is 14.4 Å². The zero-order valence-electron chi connectivity index (χ0n) is 27.0. The third kappa shape index (κ3) is 9.05. The quantitative estimate of drug-likeness (QED) is 0.0901. The Morgan fingerprint density at radius 3 is 2.02 bits per heavy atom. The fourth-order valence-electron chi connectivity index (χ4n) is 4.79. The molecule has 0 saturated heterocycles. The molecule has 1 heterocycles. The van der Waals surface area contributed by atoms with Gasteiger partial charge in [0.1, 0.15) is 16.7 Å². The minimum absolute atomic E-state index is 0.0451. The first-order valence-electron chi connectivity index (χ1n) is 15.1. The second kappa shape index (κ2) is 16.7. The van der Waals surface area contributed by atoms with Gasteiger partial charge in [0.15, 0.2) is 11.5 Å². The number of carbonyl (C=O) groups excluding carboxylic acids is 3. The summed E-state index contributed by atoms with van der Waals surface area (Å²) in [7, 11) is 4.50. The lowest BCUT2D eigenvalue weighted by atomic mass is 10.1. The molecule has 49 heavy (non-hydrogen) atoms. The number of pyridine rings is 1. The molecule has 0 aliphatic heterocycles. The van der Waals surface area contributed by atoms with Crippen molar-refractivity contribution in [2.24, 2.45) is 0 Å². The van der Waals surface area contributed by atoms with Crippen LogP contribution in [-0.4, -0.2) is 44.0 Å². The van der Waals surface area contributed by atoms with Gasteiger partial charge in [0, 0.05) is 45.9 Å². The number of ether oxygens (including phenoxy) is 3. The topological polar surface area (TPSA) is 128 Å². The molecule has 0 aliphatic carbocycles. The Morgan fingerprint density at radius 2 is 1.35 bits per heavy atom. The van der Waals surface area contributed by atoms with Crippen molar-refractivity contribution >= 4 is 46.9 Å². The van der Waals surface area contributed by atoms with Crippen LogP contribution >= 0.6 is 11.8 Å². The fourth-order valence-corrected chi connectivity index (χ4v) is 5.87. The van der Waals surface area contributed by atoms with Crippen LogP contribution in [0.3, 0.4) is 0 Å². The van der Waals surface area contributed by atoms with Crippen molar-refractivity contribution in [1.29, 1.82) is 0 Å². The van der Waals surface area contributed by atoms with Gasteiger partial charge in [0.2, 0.25) is 5.91 Å². The molecule has 0 saturated carbocycles. The summed E-state index contributed by atoms with van der Waals surface area (Å²) in [5, 5.41) is 8.00. The Morgan fingerprint density at radius 1 is 0.694 bits per heavy atom. The molecule has 248 valence electrons. The monoisotopic (exact) mass is 674 g/mol. The first kappa shape index (κ1) is 34.3. The Hall–Kier alpha value is -6.07. The number of rotatable bonds is 13. The largest absolute Gasteiger partial charge is 0.496 e. The number of aromatic nitrogens is 1. The highest BCUT2D eigenvalue weighted by molar-refractivity contribution is 8.00. The molecule has 5 aromatic rings. The van der Waals surface area contributed by atoms with Crippen LogP contribution in [0.4, 0.5) is 11.4 Å². The number of nitrogens with one attached hydrogen (secondary N) is 3. The number of hydrogen-bond acceptors (Lipinski definition) is 8. The Bertz CT molecular complexity index is 1940. The summed E-state index contributed by atoms with van der Waals surface area (Å²) in [6.45, 7) is 0. The van der Waals surface area contributed by atoms with Crippen LogP contribution in [0, 0.1) is 0 Å². The van der Waals surface area contributed by atoms with Gasteiger partial charge in [-0.2, -0.15) is 0 Å². The van der Waals surface area contributed by atoms with Crippen LogP contribution in [0.5, 0.6) is 17.2 Å². The number of methoxy groups -OCH3 is 3. The Labute approximate surface area is 288 Å². The van der Waals surface area contributed by atoms with Crippen molar-refractivity contribution in [2.75, 3.05) is 32.0 Å². The van der Waals surface area contributed by atoms with Gasteiger partial charge >= 0.3 is 0 Å². The minimum Gasteiger partial charge on any atom is -0.496 e. The highest BCUT2D eigenvalue weighted by atomic mass is 32.2. The van der Waals surface area contributed by atoms with Crippen molar-refractivity contribution < 1.29 is 28.6 Å². The summed E-state index contributed by atoms with van der Waals surface area (Å²) in [4.78, 5) is 45.3. The zero-order valence-corrected chi connectivity index (χ0v) is 27.8. The van der Waals surface area contributed by atoms with E-state index in [0.717, 1.165) is 10.5 Å². The number of benzene rings is 4. The second-order valence-electron chi connectivity index (χ2n) is 10.4. The van der Waals surface area contributed by atoms with E-state index in [1.165, 1.54) is 39.2 Å². The molecule has 0 aliphatic rings. The number of amides is 3. The molecule has 4 aromatic carbocycles. The van der Waals surface area contributed by atoms with Gasteiger partial charge in [-0.3, -0.25) is 19.4 Å². The van der Waals surface area contributed by atoms with Gasteiger partial charge in [0.05, 0.1) is 21.3 Å². The predicted molar refractivity (Wildman–Crippen MR) is 191 cm³/mol. The average molecular weight is 675 g/mol. The number of nitrogens with zero attached hydrogens (tertiary/aromatic N) is 1. The Balaban J connectivity index is 1.44. The van der Waals surface area contributed by atoms with Crippen LogP contribution in [0.1, 0.15) is 26.7 Å². The van der Waals surface area contributed by atoms with Crippen molar-refractivity contribution in [1.82, 2.24) is 10.3 Å². The molecular formula is C38H34N4O6S. The van der Waals surface area contributed by atoms with E-state index in [4.69, 9.17) is 14.2 Å². The highest BCUT2D eigenvalue weighted by Gasteiger charge is 2.23. The lowest BCUT2D eigenvalue weighted by Gasteiger charge is -2.18. The van der Waals surface area contributed by atoms with E-state index < -0.39 is 17.1 Å². The van der Waals surface area contributed by atoms with Crippen molar-refractivity contribution in [3.63, 3.8) is 0 Å². The molecule has 1 unspecified atom stereocenters. The molecule has 5 rings (SSSR count). The molecule has 1 aromatic heterocycles. The normalized spacial score (nSPS) is 11.5. The molecule has 0 fully saturated rings. The minimum atomic E-state index is -0.599. The SMILES string of the molecule is COc1cc(OC)c(OC)cc1/C=C(/NC(=O)c1ccccc1)C(=O)Nc1cccc(SC(C(=O)Nc2ccncc2)c2ccccc2)c1. The maximum atomic E-state index is 13.9. The maximum absolute atomic E-state index is 13.9. The predicted octanol–water partition coefficient (Wildman–Crippen LogP) is 6.99. The maximum Gasteiger partial charge on any atom is 0.272 e. The molecule has 3 amide bonds. The van der Waals surface area contributed by atoms with E-state index in [-0.39, 0.29) is 11.6 Å². The fraction of sp³-hybridized carbons (Fsp3) is 0.105. The van der Waals surface area contributed by atoms with Crippen molar-refractivity contribution in [3.05, 3.63) is 144 Å². The lowest BCUT2D eigenvalue weighted by molar-refractivity contribution is -0.116. The molecule has 10 nitrogen and oxygen atoms in total. The van der Waals surface area contributed by atoms with Gasteiger partial charge in [0.25, 0.3) is 11.8 Å². The molecule has 0 radical (unpaired) electrons. The van der Waals surface area contributed by atoms with Gasteiger partial charge in [-0.1, -0.05) is 54.6 Å². The number of carbonyl (C=O) groups is 3. The van der Waals surface area contributed by atoms with Gasteiger partial charge in [-0.15, -0.1) is 11.8 Å². The summed E-state index contributed by atoms with van der Waals surface area (Å²) in [5.74, 6) is -0.0282. The van der Waals surface area contributed by atoms with Crippen molar-refractivity contribution in [3.8, 4) is 17.2 Å². The summed E-state index contributed by atoms with van der Waals surface area (Å²) >= 11 is 1.34. The van der Waals surface area contributed by atoms with Crippen LogP contribution < -0.4 is 30.2 Å². The Kier molecular flexibility index (Phi) is 11.7. The van der Waals surface area contributed by atoms with E-state index in [2.05, 4.69) is 20.9 Å². The van der Waals surface area contributed by atoms with Gasteiger partial charge < -0.3 is 30.2 Å². The van der Waals surface area contributed by atoms with Crippen LogP contribution in [0.2, 0.25) is 0 Å². The van der Waals surface area contributed by atoms with Gasteiger partial charge in [-0.25, -0.2) is 0 Å². The standard InChI is InChI=1S/C38H34N4O6S/c1-46-32-24-34(48-3)33(47-2)22-27(32)21-31(42-36(43)26-13-8-5-9-14-26)37(44)41-29-15-10-16-30(23-29)49-35(25-11-6-4-7-12-25)38(45)40-28-17-19-39-20-18-28/h4-24,35H,1-3H3,(H,41,44)(H,42,43)(H,39,40,45)/b31-21+. The third-order valence-corrected chi connectivity index (χ3v) is 8.45. The second-order valence-corrected chi connectivity index (χ2v) is 11.6. The summed E-state index contributed by atoms with van der Waals surface area (Å²) in [5.41, 5.74) is 2.69. The van der Waals surface area contributed by atoms with E-state index in [0.29, 0.717) is 39.8 Å². The lowest BCUT2D eigenvalue weighted by Crippen LogP contribution is -2.30. The van der Waals surface area contributed by atoms with E-state index in [1.54, 1.807) is 85.2 Å². The van der Waals surface area contributed by atoms with Crippen LogP contribution in [-0.2, 0) is 9.59 Å². The van der Waals surface area contributed by atoms with Gasteiger partial charge in [-0.05, 0) is 60.2 Å². The molecular weight excluding hydrogens is 641 g/mol. The summed E-state index contributed by atoms with van der Waals surface area (Å²) in [6, 6.07) is 31.9. The third-order valence-electron chi connectivity index (χ3n) is 7.20. The van der Waals surface area contributed by atoms with Crippen molar-refractivity contribution in [2.45, 2.75) is 10.1 Å². The molecule has 3 N–H and O–H groups in total. The zero-order chi connectivity index (χ0) is 34.6. The van der Waals surface area contributed by atoms with Crippen LogP contribution in [0.25, 0.3) is 6.08 Å². The summed E-state index contributed by atoms with van der Waals surface area (Å²) < 4.78 is 16.4. The first-order valence-corrected chi connectivity index (χ1v) is 16.0. The van der Waals surface area contributed by atoms with E-state index >= 15 is 0 Å². The molecule has 0 bridgehead atoms. The number of hydrogen-bond donors (Lipinski definition) is 3. The molecule has 1 atom stereocenters. The molecule has 0 spiro atoms. The first-order chi connectivity index (χ1) is 23.9. The number of thioether (sulfide) groups is 1. The highest BCUT2D eigenvalue weighted by Crippen LogP contribution is 2.38. The van der Waals surface area contributed by atoms with E-state index in [1.807, 2.05) is 36.4 Å². The van der Waals surface area contributed by atoms with Crippen LogP contribution in [0.15, 0.2) is 132 Å². The number of anilines is 2. The smallest absolute Gasteiger partial charge is 0.272 e.